The number of imidazole rings is 1. The van der Waals surface area contributed by atoms with Gasteiger partial charge < -0.3 is 9.67 Å². The Bertz CT molecular complexity index is 498. The highest BCUT2D eigenvalue weighted by Crippen LogP contribution is 2.32. The first-order valence-corrected chi connectivity index (χ1v) is 5.95. The lowest BCUT2D eigenvalue weighted by Crippen LogP contribution is -1.92. The Morgan fingerprint density at radius 3 is 2.94 bits per heavy atom. The van der Waals surface area contributed by atoms with E-state index in [0.29, 0.717) is 5.02 Å². The van der Waals surface area contributed by atoms with Crippen LogP contribution >= 0.6 is 23.4 Å². The highest BCUT2D eigenvalue weighted by atomic mass is 35.5. The van der Waals surface area contributed by atoms with Gasteiger partial charge in [-0.15, -0.1) is 0 Å². The van der Waals surface area contributed by atoms with Gasteiger partial charge in [0.1, 0.15) is 0 Å². The van der Waals surface area contributed by atoms with Gasteiger partial charge in [0.25, 0.3) is 0 Å². The van der Waals surface area contributed by atoms with Crippen molar-refractivity contribution in [1.29, 1.82) is 0 Å². The molecule has 2 rings (SSSR count). The molecule has 0 aliphatic carbocycles. The first kappa shape index (κ1) is 11.5. The van der Waals surface area contributed by atoms with E-state index < -0.39 is 0 Å². The number of aryl methyl sites for hydroxylation is 1. The minimum Gasteiger partial charge on any atom is -0.392 e. The summed E-state index contributed by atoms with van der Waals surface area (Å²) >= 11 is 7.50. The largest absolute Gasteiger partial charge is 0.392 e. The van der Waals surface area contributed by atoms with Crippen molar-refractivity contribution in [2.24, 2.45) is 7.05 Å². The smallest absolute Gasteiger partial charge is 0.172 e. The number of aromatic nitrogens is 2. The van der Waals surface area contributed by atoms with E-state index in [-0.39, 0.29) is 6.61 Å². The zero-order valence-corrected chi connectivity index (χ0v) is 10.3. The summed E-state index contributed by atoms with van der Waals surface area (Å²) in [6, 6.07) is 5.57. The first-order valence-electron chi connectivity index (χ1n) is 4.76. The minimum atomic E-state index is -0.0631. The second-order valence-electron chi connectivity index (χ2n) is 3.30. The molecule has 0 saturated heterocycles. The molecular weight excluding hydrogens is 244 g/mol. The standard InChI is InChI=1S/C11H11ClN2OS/c1-14-6-5-13-11(14)16-10-4-2-3-9(12)8(10)7-15/h2-6,15H,7H2,1H3. The Kier molecular flexibility index (Phi) is 3.53. The molecular formula is C11H11ClN2OS. The summed E-state index contributed by atoms with van der Waals surface area (Å²) in [4.78, 5) is 5.15. The Hall–Kier alpha value is -0.970. The number of hydrogen-bond acceptors (Lipinski definition) is 3. The van der Waals surface area contributed by atoms with Crippen molar-refractivity contribution < 1.29 is 5.11 Å². The fourth-order valence-electron chi connectivity index (χ4n) is 1.34. The van der Waals surface area contributed by atoms with Gasteiger partial charge in [0.15, 0.2) is 5.16 Å². The van der Waals surface area contributed by atoms with Gasteiger partial charge in [-0.05, 0) is 12.1 Å². The lowest BCUT2D eigenvalue weighted by molar-refractivity contribution is 0.279. The van der Waals surface area contributed by atoms with Crippen LogP contribution in [0.5, 0.6) is 0 Å². The van der Waals surface area contributed by atoms with E-state index in [1.807, 2.05) is 29.9 Å². The molecule has 0 aliphatic rings. The number of aliphatic hydroxyl groups is 1. The molecule has 3 nitrogen and oxygen atoms in total. The summed E-state index contributed by atoms with van der Waals surface area (Å²) in [5, 5.41) is 10.7. The van der Waals surface area contributed by atoms with Crippen LogP contribution in [-0.2, 0) is 13.7 Å². The summed E-state index contributed by atoms with van der Waals surface area (Å²) < 4.78 is 1.92. The van der Waals surface area contributed by atoms with Crippen molar-refractivity contribution in [3.8, 4) is 0 Å². The van der Waals surface area contributed by atoms with E-state index >= 15 is 0 Å². The molecule has 0 amide bonds. The van der Waals surface area contributed by atoms with Crippen molar-refractivity contribution in [1.82, 2.24) is 9.55 Å². The van der Waals surface area contributed by atoms with E-state index in [4.69, 9.17) is 11.6 Å². The molecule has 0 spiro atoms. The van der Waals surface area contributed by atoms with Gasteiger partial charge in [0.05, 0.1) is 6.61 Å². The highest BCUT2D eigenvalue weighted by Gasteiger charge is 2.09. The van der Waals surface area contributed by atoms with Crippen LogP contribution in [0.3, 0.4) is 0 Å². The highest BCUT2D eigenvalue weighted by molar-refractivity contribution is 7.99. The van der Waals surface area contributed by atoms with Crippen LogP contribution < -0.4 is 0 Å². The topological polar surface area (TPSA) is 38.0 Å². The van der Waals surface area contributed by atoms with Crippen LogP contribution in [0, 0.1) is 0 Å². The Labute approximate surface area is 103 Å². The number of aliphatic hydroxyl groups excluding tert-OH is 1. The molecule has 0 unspecified atom stereocenters. The number of rotatable bonds is 3. The van der Waals surface area contributed by atoms with Crippen LogP contribution in [-0.4, -0.2) is 14.7 Å². The maximum absolute atomic E-state index is 9.27. The van der Waals surface area contributed by atoms with Crippen LogP contribution in [0.1, 0.15) is 5.56 Å². The molecule has 84 valence electrons. The lowest BCUT2D eigenvalue weighted by Gasteiger charge is -2.08. The third-order valence-corrected chi connectivity index (χ3v) is 3.74. The quantitative estimate of drug-likeness (QED) is 0.915. The summed E-state index contributed by atoms with van der Waals surface area (Å²) in [5.41, 5.74) is 0.747. The molecule has 0 fully saturated rings. The lowest BCUT2D eigenvalue weighted by atomic mass is 10.2. The molecule has 2 aromatic rings. The van der Waals surface area contributed by atoms with Gasteiger partial charge in [-0.1, -0.05) is 29.4 Å². The number of nitrogens with zero attached hydrogens (tertiary/aromatic N) is 2. The molecule has 1 aromatic carbocycles. The van der Waals surface area contributed by atoms with Crippen LogP contribution in [0.25, 0.3) is 0 Å². The van der Waals surface area contributed by atoms with Crippen LogP contribution in [0.4, 0.5) is 0 Å². The van der Waals surface area contributed by atoms with E-state index in [2.05, 4.69) is 4.98 Å². The maximum atomic E-state index is 9.27. The van der Waals surface area contributed by atoms with Crippen molar-refractivity contribution in [2.75, 3.05) is 0 Å². The van der Waals surface area contributed by atoms with Gasteiger partial charge in [-0.3, -0.25) is 0 Å². The molecule has 0 saturated carbocycles. The predicted molar refractivity (Wildman–Crippen MR) is 64.7 cm³/mol. The first-order chi connectivity index (χ1) is 7.72. The number of halogens is 1. The van der Waals surface area contributed by atoms with E-state index in [9.17, 15) is 5.11 Å². The normalized spacial score (nSPS) is 10.7. The van der Waals surface area contributed by atoms with E-state index in [0.717, 1.165) is 15.6 Å². The minimum absolute atomic E-state index is 0.0631. The fourth-order valence-corrected chi connectivity index (χ4v) is 2.59. The molecule has 0 aliphatic heterocycles. The third-order valence-electron chi connectivity index (χ3n) is 2.21. The Morgan fingerprint density at radius 2 is 2.31 bits per heavy atom. The average Bonchev–Trinajstić information content (AvgIpc) is 2.65. The van der Waals surface area contributed by atoms with Crippen molar-refractivity contribution in [3.05, 3.63) is 41.2 Å². The molecule has 16 heavy (non-hydrogen) atoms. The SMILES string of the molecule is Cn1ccnc1Sc1cccc(Cl)c1CO. The maximum Gasteiger partial charge on any atom is 0.172 e. The summed E-state index contributed by atoms with van der Waals surface area (Å²) in [6.07, 6.45) is 3.62. The molecule has 1 heterocycles. The number of hydrogen-bond donors (Lipinski definition) is 1. The molecule has 0 bridgehead atoms. The summed E-state index contributed by atoms with van der Waals surface area (Å²) in [7, 11) is 1.93. The van der Waals surface area contributed by atoms with Gasteiger partial charge in [0.2, 0.25) is 0 Å². The Balaban J connectivity index is 2.35. The van der Waals surface area contributed by atoms with Crippen LogP contribution in [0.15, 0.2) is 40.6 Å². The van der Waals surface area contributed by atoms with E-state index in [1.165, 1.54) is 11.8 Å². The molecule has 0 atom stereocenters. The Morgan fingerprint density at radius 1 is 1.50 bits per heavy atom. The van der Waals surface area contributed by atoms with Crippen molar-refractivity contribution >= 4 is 23.4 Å². The molecule has 0 radical (unpaired) electrons. The zero-order valence-electron chi connectivity index (χ0n) is 8.72. The third kappa shape index (κ3) is 2.24. The van der Waals surface area contributed by atoms with E-state index in [1.54, 1.807) is 12.3 Å². The van der Waals surface area contributed by atoms with Crippen molar-refractivity contribution in [2.45, 2.75) is 16.7 Å². The van der Waals surface area contributed by atoms with Gasteiger partial charge in [-0.2, -0.15) is 0 Å². The zero-order chi connectivity index (χ0) is 11.5. The van der Waals surface area contributed by atoms with Gasteiger partial charge in [-0.25, -0.2) is 4.98 Å². The summed E-state index contributed by atoms with van der Waals surface area (Å²) in [5.74, 6) is 0. The van der Waals surface area contributed by atoms with Crippen molar-refractivity contribution in [3.63, 3.8) is 0 Å². The molecule has 1 aromatic heterocycles. The average molecular weight is 255 g/mol. The fraction of sp³-hybridized carbons (Fsp3) is 0.182. The summed E-state index contributed by atoms with van der Waals surface area (Å²) in [6.45, 7) is -0.0631. The molecule has 5 heteroatoms. The van der Waals surface area contributed by atoms with Gasteiger partial charge >= 0.3 is 0 Å². The monoisotopic (exact) mass is 254 g/mol. The second kappa shape index (κ2) is 4.91. The predicted octanol–water partition coefficient (Wildman–Crippen LogP) is 2.72. The van der Waals surface area contributed by atoms with Crippen LogP contribution in [0.2, 0.25) is 5.02 Å². The number of benzene rings is 1. The second-order valence-corrected chi connectivity index (χ2v) is 4.71. The molecule has 1 N–H and O–H groups in total. The van der Waals surface area contributed by atoms with Gasteiger partial charge in [0, 0.05) is 34.9 Å².